The van der Waals surface area contributed by atoms with Crippen LogP contribution in [0.15, 0.2) is 94.2 Å². The van der Waals surface area contributed by atoms with Crippen LogP contribution in [0.4, 0.5) is 0 Å². The number of aromatic hydroxyl groups is 1. The second kappa shape index (κ2) is 10.2. The third-order valence-corrected chi connectivity index (χ3v) is 6.36. The lowest BCUT2D eigenvalue weighted by molar-refractivity contribution is -0.139. The molecular formula is C29H22ClNO6. The van der Waals surface area contributed by atoms with E-state index in [4.69, 9.17) is 20.4 Å². The van der Waals surface area contributed by atoms with Gasteiger partial charge in [0.2, 0.25) is 0 Å². The van der Waals surface area contributed by atoms with Gasteiger partial charge in [0.25, 0.3) is 5.91 Å². The van der Waals surface area contributed by atoms with E-state index >= 15 is 0 Å². The Bertz CT molecular complexity index is 1570. The van der Waals surface area contributed by atoms with Crippen LogP contribution >= 0.6 is 11.6 Å². The smallest absolute Gasteiger partial charge is 0.326 e. The van der Waals surface area contributed by atoms with E-state index in [1.54, 1.807) is 55.0 Å². The van der Waals surface area contributed by atoms with E-state index in [0.717, 1.165) is 22.3 Å². The highest BCUT2D eigenvalue weighted by Gasteiger charge is 2.24. The van der Waals surface area contributed by atoms with E-state index in [1.807, 2.05) is 24.3 Å². The number of fused-ring (bicyclic) bond motifs is 1. The number of phenols is 1. The first-order chi connectivity index (χ1) is 17.9. The molecule has 7 nitrogen and oxygen atoms in total. The quantitative estimate of drug-likeness (QED) is 0.231. The van der Waals surface area contributed by atoms with Gasteiger partial charge in [0.1, 0.15) is 17.4 Å². The number of carboxylic acid groups (broad SMARTS) is 1. The molecule has 0 saturated heterocycles. The Kier molecular flexibility index (Phi) is 6.70. The summed E-state index contributed by atoms with van der Waals surface area (Å²) < 4.78 is 10.8. The van der Waals surface area contributed by atoms with Crippen LogP contribution in [0.3, 0.4) is 0 Å². The van der Waals surface area contributed by atoms with Crippen molar-refractivity contribution >= 4 is 34.4 Å². The Hall–Kier alpha value is -4.49. The highest BCUT2D eigenvalue weighted by atomic mass is 35.5. The second-order valence-corrected chi connectivity index (χ2v) is 9.14. The van der Waals surface area contributed by atoms with Gasteiger partial charge in [-0.3, -0.25) is 4.79 Å². The number of carbonyl (C=O) groups is 2. The fourth-order valence-electron chi connectivity index (χ4n) is 4.22. The van der Waals surface area contributed by atoms with Gasteiger partial charge >= 0.3 is 5.97 Å². The zero-order valence-corrected chi connectivity index (χ0v) is 20.2. The van der Waals surface area contributed by atoms with E-state index in [2.05, 4.69) is 5.32 Å². The van der Waals surface area contributed by atoms with Crippen LogP contribution in [0.2, 0.25) is 5.02 Å². The zero-order valence-electron chi connectivity index (χ0n) is 19.5. The lowest BCUT2D eigenvalue weighted by atomic mass is 9.96. The number of nitrogens with one attached hydrogen (secondary N) is 1. The number of benzene rings is 3. The van der Waals surface area contributed by atoms with Gasteiger partial charge in [-0.25, -0.2) is 4.79 Å². The standard InChI is InChI=1S/C29H22ClNO6/c30-23-5-1-18(2-6-23)19-4-8-26-22(12-19)15-27(37-26)28(33)31-25(29(34)35)14-20-3-7-24(32)13-21(20)11-17-9-10-36-16-17/h1-10,12-13,15-16,25,32H,11,14H2,(H,31,33)(H,34,35)/t25-/m0/s1. The number of carboxylic acids is 1. The van der Waals surface area contributed by atoms with Gasteiger partial charge in [-0.15, -0.1) is 0 Å². The topological polar surface area (TPSA) is 113 Å². The summed E-state index contributed by atoms with van der Waals surface area (Å²) in [6.45, 7) is 0. The van der Waals surface area contributed by atoms with Crippen molar-refractivity contribution in [1.82, 2.24) is 5.32 Å². The van der Waals surface area contributed by atoms with E-state index < -0.39 is 17.9 Å². The molecule has 0 bridgehead atoms. The molecule has 8 heteroatoms. The number of furan rings is 2. The number of phenolic OH excluding ortho intramolecular Hbond substituents is 1. The highest BCUT2D eigenvalue weighted by molar-refractivity contribution is 6.30. The lowest BCUT2D eigenvalue weighted by Gasteiger charge is -2.16. The summed E-state index contributed by atoms with van der Waals surface area (Å²) >= 11 is 5.98. The Morgan fingerprint density at radius 1 is 0.919 bits per heavy atom. The normalized spacial score (nSPS) is 11.9. The summed E-state index contributed by atoms with van der Waals surface area (Å²) in [5, 5.41) is 23.7. The molecule has 2 aromatic heterocycles. The van der Waals surface area contributed by atoms with E-state index in [0.29, 0.717) is 28.0 Å². The summed E-state index contributed by atoms with van der Waals surface area (Å²) in [4.78, 5) is 25.0. The summed E-state index contributed by atoms with van der Waals surface area (Å²) in [5.41, 5.74) is 4.70. The SMILES string of the molecule is O=C(N[C@@H](Cc1ccc(O)cc1Cc1ccoc1)C(=O)O)c1cc2cc(-c3ccc(Cl)cc3)ccc2o1. The highest BCUT2D eigenvalue weighted by Crippen LogP contribution is 2.28. The molecule has 5 aromatic rings. The van der Waals surface area contributed by atoms with Crippen LogP contribution in [-0.4, -0.2) is 28.1 Å². The molecule has 0 aliphatic heterocycles. The molecule has 3 aromatic carbocycles. The van der Waals surface area contributed by atoms with Crippen molar-refractivity contribution < 1.29 is 28.6 Å². The van der Waals surface area contributed by atoms with Crippen LogP contribution in [0, 0.1) is 0 Å². The number of hydrogen-bond acceptors (Lipinski definition) is 5. The van der Waals surface area contributed by atoms with Gasteiger partial charge < -0.3 is 24.4 Å². The summed E-state index contributed by atoms with van der Waals surface area (Å²) in [7, 11) is 0. The molecule has 0 aliphatic rings. The first-order valence-electron chi connectivity index (χ1n) is 11.5. The maximum absolute atomic E-state index is 13.0. The number of amides is 1. The molecule has 0 spiro atoms. The Morgan fingerprint density at radius 3 is 2.43 bits per heavy atom. The Balaban J connectivity index is 1.35. The monoisotopic (exact) mass is 515 g/mol. The van der Waals surface area contributed by atoms with E-state index in [9.17, 15) is 19.8 Å². The minimum atomic E-state index is -1.21. The van der Waals surface area contributed by atoms with Crippen molar-refractivity contribution in [3.05, 3.63) is 113 Å². The number of carbonyl (C=O) groups excluding carboxylic acids is 1. The van der Waals surface area contributed by atoms with Gasteiger partial charge in [0.15, 0.2) is 5.76 Å². The third-order valence-electron chi connectivity index (χ3n) is 6.11. The molecule has 1 amide bonds. The van der Waals surface area contributed by atoms with Crippen LogP contribution in [0.5, 0.6) is 5.75 Å². The van der Waals surface area contributed by atoms with Gasteiger partial charge in [-0.05, 0) is 76.3 Å². The molecule has 0 aliphatic carbocycles. The molecule has 3 N–H and O–H groups in total. The summed E-state index contributed by atoms with van der Waals surface area (Å²) in [5.74, 6) is -1.74. The third kappa shape index (κ3) is 5.52. The molecule has 37 heavy (non-hydrogen) atoms. The lowest BCUT2D eigenvalue weighted by Crippen LogP contribution is -2.42. The number of aliphatic carboxylic acids is 1. The molecule has 0 unspecified atom stereocenters. The molecule has 0 fully saturated rings. The molecular weight excluding hydrogens is 494 g/mol. The Labute approximate surface area is 216 Å². The molecule has 5 rings (SSSR count). The maximum atomic E-state index is 13.0. The average Bonchev–Trinajstić information content (AvgIpc) is 3.55. The van der Waals surface area contributed by atoms with Crippen LogP contribution < -0.4 is 5.32 Å². The molecule has 0 saturated carbocycles. The zero-order chi connectivity index (χ0) is 25.9. The van der Waals surface area contributed by atoms with Crippen molar-refractivity contribution in [1.29, 1.82) is 0 Å². The van der Waals surface area contributed by atoms with Crippen molar-refractivity contribution in [3.63, 3.8) is 0 Å². The maximum Gasteiger partial charge on any atom is 0.326 e. The largest absolute Gasteiger partial charge is 0.508 e. The first-order valence-corrected chi connectivity index (χ1v) is 11.9. The van der Waals surface area contributed by atoms with Crippen LogP contribution in [0.1, 0.15) is 27.2 Å². The van der Waals surface area contributed by atoms with Gasteiger partial charge in [0.05, 0.1) is 12.5 Å². The van der Waals surface area contributed by atoms with Crippen LogP contribution in [-0.2, 0) is 17.6 Å². The van der Waals surface area contributed by atoms with Gasteiger partial charge in [0, 0.05) is 23.3 Å². The van der Waals surface area contributed by atoms with E-state index in [1.165, 1.54) is 6.07 Å². The number of hydrogen-bond donors (Lipinski definition) is 3. The van der Waals surface area contributed by atoms with Crippen molar-refractivity contribution in [2.45, 2.75) is 18.9 Å². The van der Waals surface area contributed by atoms with Gasteiger partial charge in [-0.2, -0.15) is 0 Å². The number of rotatable bonds is 8. The predicted octanol–water partition coefficient (Wildman–Crippen LogP) is 6.07. The minimum Gasteiger partial charge on any atom is -0.508 e. The molecule has 2 heterocycles. The van der Waals surface area contributed by atoms with Crippen molar-refractivity contribution in [3.8, 4) is 16.9 Å². The summed E-state index contributed by atoms with van der Waals surface area (Å²) in [6, 6.07) is 19.9. The molecule has 1 atom stereocenters. The minimum absolute atomic E-state index is 0.0128. The van der Waals surface area contributed by atoms with Crippen LogP contribution in [0.25, 0.3) is 22.1 Å². The summed E-state index contributed by atoms with van der Waals surface area (Å²) in [6.07, 6.45) is 3.60. The predicted molar refractivity (Wildman–Crippen MR) is 139 cm³/mol. The van der Waals surface area contributed by atoms with Gasteiger partial charge in [-0.1, -0.05) is 35.9 Å². The Morgan fingerprint density at radius 2 is 1.70 bits per heavy atom. The average molecular weight is 516 g/mol. The number of halogens is 1. The molecule has 0 radical (unpaired) electrons. The van der Waals surface area contributed by atoms with Crippen molar-refractivity contribution in [2.75, 3.05) is 0 Å². The van der Waals surface area contributed by atoms with Crippen molar-refractivity contribution in [2.24, 2.45) is 0 Å². The fourth-order valence-corrected chi connectivity index (χ4v) is 4.34. The molecule has 186 valence electrons. The first kappa shape index (κ1) is 24.2. The second-order valence-electron chi connectivity index (χ2n) is 8.70. The van der Waals surface area contributed by atoms with E-state index in [-0.39, 0.29) is 17.9 Å². The fraction of sp³-hybridized carbons (Fsp3) is 0.103.